The van der Waals surface area contributed by atoms with Gasteiger partial charge in [-0.05, 0) is 32.9 Å². The molecule has 2 aromatic heterocycles. The number of nitrogens with one attached hydrogen (secondary N) is 1. The van der Waals surface area contributed by atoms with Gasteiger partial charge in [-0.25, -0.2) is 0 Å². The zero-order valence-electron chi connectivity index (χ0n) is 12.1. The lowest BCUT2D eigenvalue weighted by atomic mass is 10.2. The Hall–Kier alpha value is -1.62. The Labute approximate surface area is 114 Å². The number of aromatic nitrogens is 4. The van der Waals surface area contributed by atoms with Gasteiger partial charge in [0.2, 0.25) is 0 Å². The predicted octanol–water partition coefficient (Wildman–Crippen LogP) is 1.90. The van der Waals surface area contributed by atoms with E-state index in [0.717, 1.165) is 38.3 Å². The van der Waals surface area contributed by atoms with Gasteiger partial charge in [-0.1, -0.05) is 6.92 Å². The molecule has 104 valence electrons. The van der Waals surface area contributed by atoms with Crippen molar-refractivity contribution in [2.75, 3.05) is 6.54 Å². The van der Waals surface area contributed by atoms with Crippen molar-refractivity contribution in [1.29, 1.82) is 0 Å². The second-order valence-corrected chi connectivity index (χ2v) is 4.82. The highest BCUT2D eigenvalue weighted by molar-refractivity contribution is 5.24. The highest BCUT2D eigenvalue weighted by atomic mass is 15.3. The molecule has 0 fully saturated rings. The smallest absolute Gasteiger partial charge is 0.0641 e. The van der Waals surface area contributed by atoms with Crippen LogP contribution in [0, 0.1) is 13.8 Å². The molecule has 0 saturated heterocycles. The summed E-state index contributed by atoms with van der Waals surface area (Å²) in [6.07, 6.45) is 4.95. The highest BCUT2D eigenvalue weighted by Gasteiger charge is 2.10. The predicted molar refractivity (Wildman–Crippen MR) is 75.9 cm³/mol. The fourth-order valence-electron chi connectivity index (χ4n) is 2.23. The molecule has 0 bridgehead atoms. The molecule has 0 atom stereocenters. The Morgan fingerprint density at radius 1 is 1.26 bits per heavy atom. The summed E-state index contributed by atoms with van der Waals surface area (Å²) in [6, 6.07) is 1.95. The molecule has 0 unspecified atom stereocenters. The van der Waals surface area contributed by atoms with Gasteiger partial charge in [-0.2, -0.15) is 10.2 Å². The molecule has 2 rings (SSSR count). The third-order valence-electron chi connectivity index (χ3n) is 3.36. The van der Waals surface area contributed by atoms with Crippen molar-refractivity contribution in [1.82, 2.24) is 24.9 Å². The minimum atomic E-state index is 0.858. The van der Waals surface area contributed by atoms with Crippen molar-refractivity contribution < 1.29 is 0 Å². The minimum absolute atomic E-state index is 0.858. The van der Waals surface area contributed by atoms with Crippen molar-refractivity contribution in [3.63, 3.8) is 0 Å². The summed E-state index contributed by atoms with van der Waals surface area (Å²) in [5.41, 5.74) is 3.71. The van der Waals surface area contributed by atoms with E-state index in [1.807, 2.05) is 16.9 Å². The van der Waals surface area contributed by atoms with Crippen LogP contribution in [0.1, 0.15) is 30.3 Å². The molecule has 0 radical (unpaired) electrons. The maximum absolute atomic E-state index is 4.62. The van der Waals surface area contributed by atoms with E-state index in [0.29, 0.717) is 0 Å². The lowest BCUT2D eigenvalue weighted by Gasteiger charge is -2.06. The topological polar surface area (TPSA) is 47.7 Å². The minimum Gasteiger partial charge on any atom is -0.313 e. The Morgan fingerprint density at radius 2 is 2.11 bits per heavy atom. The molecular weight excluding hydrogens is 238 g/mol. The molecular formula is C14H23N5. The van der Waals surface area contributed by atoms with E-state index >= 15 is 0 Å². The van der Waals surface area contributed by atoms with Gasteiger partial charge in [-0.15, -0.1) is 0 Å². The summed E-state index contributed by atoms with van der Waals surface area (Å²) in [5, 5.41) is 12.3. The molecule has 0 aliphatic rings. The van der Waals surface area contributed by atoms with E-state index in [1.165, 1.54) is 11.3 Å². The number of hydrogen-bond acceptors (Lipinski definition) is 3. The van der Waals surface area contributed by atoms with Gasteiger partial charge in [0, 0.05) is 30.2 Å². The first-order chi connectivity index (χ1) is 9.22. The summed E-state index contributed by atoms with van der Waals surface area (Å²) < 4.78 is 4.02. The molecule has 5 heteroatoms. The van der Waals surface area contributed by atoms with Crippen LogP contribution in [0.15, 0.2) is 18.5 Å². The largest absolute Gasteiger partial charge is 0.313 e. The molecule has 0 spiro atoms. The molecule has 19 heavy (non-hydrogen) atoms. The molecule has 0 aromatic carbocycles. The van der Waals surface area contributed by atoms with Crippen molar-refractivity contribution in [3.8, 4) is 0 Å². The number of aryl methyl sites for hydroxylation is 3. The Balaban J connectivity index is 1.99. The van der Waals surface area contributed by atoms with Crippen LogP contribution in [0.2, 0.25) is 0 Å². The molecule has 0 aliphatic heterocycles. The van der Waals surface area contributed by atoms with Gasteiger partial charge in [-0.3, -0.25) is 9.36 Å². The average Bonchev–Trinajstić information content (AvgIpc) is 2.99. The molecule has 0 amide bonds. The van der Waals surface area contributed by atoms with Crippen molar-refractivity contribution in [2.24, 2.45) is 0 Å². The quantitative estimate of drug-likeness (QED) is 0.774. The summed E-state index contributed by atoms with van der Waals surface area (Å²) in [4.78, 5) is 0. The Bertz CT molecular complexity index is 498. The first-order valence-corrected chi connectivity index (χ1v) is 6.93. The van der Waals surface area contributed by atoms with Crippen molar-refractivity contribution >= 4 is 0 Å². The highest BCUT2D eigenvalue weighted by Crippen LogP contribution is 2.12. The van der Waals surface area contributed by atoms with Crippen LogP contribution < -0.4 is 5.32 Å². The van der Waals surface area contributed by atoms with Gasteiger partial charge in [0.15, 0.2) is 0 Å². The van der Waals surface area contributed by atoms with E-state index in [4.69, 9.17) is 0 Å². The lowest BCUT2D eigenvalue weighted by Crippen LogP contribution is -2.15. The monoisotopic (exact) mass is 261 g/mol. The first-order valence-electron chi connectivity index (χ1n) is 6.93. The lowest BCUT2D eigenvalue weighted by molar-refractivity contribution is 0.490. The number of rotatable bonds is 7. The van der Waals surface area contributed by atoms with Crippen LogP contribution >= 0.6 is 0 Å². The summed E-state index contributed by atoms with van der Waals surface area (Å²) in [5.74, 6) is 0. The van der Waals surface area contributed by atoms with Crippen LogP contribution in [0.25, 0.3) is 0 Å². The fraction of sp³-hybridized carbons (Fsp3) is 0.571. The van der Waals surface area contributed by atoms with E-state index in [2.05, 4.69) is 41.0 Å². The van der Waals surface area contributed by atoms with E-state index in [1.54, 1.807) is 6.20 Å². The number of nitrogens with zero attached hydrogens (tertiary/aromatic N) is 4. The third kappa shape index (κ3) is 3.44. The molecule has 5 nitrogen and oxygen atoms in total. The second kappa shape index (κ2) is 6.52. The molecule has 2 aromatic rings. The summed E-state index contributed by atoms with van der Waals surface area (Å²) in [7, 11) is 0. The van der Waals surface area contributed by atoms with Crippen LogP contribution in [-0.2, 0) is 19.6 Å². The first kappa shape index (κ1) is 13.8. The zero-order chi connectivity index (χ0) is 13.7. The van der Waals surface area contributed by atoms with Crippen molar-refractivity contribution in [2.45, 2.75) is 46.8 Å². The van der Waals surface area contributed by atoms with Gasteiger partial charge < -0.3 is 5.32 Å². The van der Waals surface area contributed by atoms with Crippen molar-refractivity contribution in [3.05, 3.63) is 35.4 Å². The van der Waals surface area contributed by atoms with Crippen LogP contribution in [0.5, 0.6) is 0 Å². The zero-order valence-corrected chi connectivity index (χ0v) is 12.1. The SMILES string of the molecule is CCCNCc1c(C)nn(CCn2cccn2)c1C. The molecule has 2 heterocycles. The fourth-order valence-corrected chi connectivity index (χ4v) is 2.23. The van der Waals surface area contributed by atoms with Crippen LogP contribution in [0.3, 0.4) is 0 Å². The Kier molecular flexibility index (Phi) is 4.74. The van der Waals surface area contributed by atoms with Gasteiger partial charge in [0.25, 0.3) is 0 Å². The Morgan fingerprint density at radius 3 is 2.79 bits per heavy atom. The van der Waals surface area contributed by atoms with E-state index in [-0.39, 0.29) is 0 Å². The van der Waals surface area contributed by atoms with E-state index in [9.17, 15) is 0 Å². The van der Waals surface area contributed by atoms with Crippen LogP contribution in [0.4, 0.5) is 0 Å². The van der Waals surface area contributed by atoms with Crippen LogP contribution in [-0.4, -0.2) is 26.1 Å². The summed E-state index contributed by atoms with van der Waals surface area (Å²) in [6.45, 7) is 10.1. The second-order valence-electron chi connectivity index (χ2n) is 4.82. The summed E-state index contributed by atoms with van der Waals surface area (Å²) >= 11 is 0. The standard InChI is InChI=1S/C14H23N5/c1-4-6-15-11-14-12(2)17-19(13(14)3)10-9-18-8-5-7-16-18/h5,7-8,15H,4,6,9-11H2,1-3H3. The normalized spacial score (nSPS) is 11.1. The number of hydrogen-bond donors (Lipinski definition) is 1. The maximum Gasteiger partial charge on any atom is 0.0641 e. The van der Waals surface area contributed by atoms with Gasteiger partial charge in [0.1, 0.15) is 0 Å². The van der Waals surface area contributed by atoms with Gasteiger partial charge in [0.05, 0.1) is 18.8 Å². The van der Waals surface area contributed by atoms with Gasteiger partial charge >= 0.3 is 0 Å². The van der Waals surface area contributed by atoms with E-state index < -0.39 is 0 Å². The maximum atomic E-state index is 4.62. The molecule has 0 aliphatic carbocycles. The molecule has 1 N–H and O–H groups in total. The molecule has 0 saturated carbocycles. The average molecular weight is 261 g/mol. The third-order valence-corrected chi connectivity index (χ3v) is 3.36.